The molecule has 0 aromatic carbocycles. The predicted molar refractivity (Wildman–Crippen MR) is 68.4 cm³/mol. The number of nitrogens with two attached hydrogens (primary N) is 1. The van der Waals surface area contributed by atoms with Crippen LogP contribution < -0.4 is 10.6 Å². The van der Waals surface area contributed by atoms with Gasteiger partial charge in [0.05, 0.1) is 0 Å². The number of anilines is 1. The molecule has 0 saturated carbocycles. The Kier molecular flexibility index (Phi) is 3.57. The zero-order chi connectivity index (χ0) is 11.4. The maximum absolute atomic E-state index is 5.66. The van der Waals surface area contributed by atoms with E-state index >= 15 is 0 Å². The molecular weight excluding hydrogens is 198 g/mol. The molecule has 0 radical (unpaired) electrons. The third-order valence-corrected chi connectivity index (χ3v) is 3.07. The first-order valence-corrected chi connectivity index (χ1v) is 5.91. The fraction of sp³-hybridized carbons (Fsp3) is 0.462. The van der Waals surface area contributed by atoms with Crippen molar-refractivity contribution >= 4 is 11.4 Å². The zero-order valence-corrected chi connectivity index (χ0v) is 9.65. The summed E-state index contributed by atoms with van der Waals surface area (Å²) >= 11 is 0. The first kappa shape index (κ1) is 11.1. The number of hydrogen-bond donors (Lipinski definition) is 1. The second-order valence-electron chi connectivity index (χ2n) is 4.23. The monoisotopic (exact) mass is 217 g/mol. The minimum atomic E-state index is 0.493. The van der Waals surface area contributed by atoms with E-state index in [9.17, 15) is 0 Å². The zero-order valence-electron chi connectivity index (χ0n) is 9.65. The lowest BCUT2D eigenvalue weighted by Crippen LogP contribution is -2.31. The lowest BCUT2D eigenvalue weighted by molar-refractivity contribution is 0.573. The van der Waals surface area contributed by atoms with E-state index in [1.807, 2.05) is 12.3 Å². The normalized spacial score (nSPS) is 16.2. The molecule has 1 fully saturated rings. The van der Waals surface area contributed by atoms with E-state index in [1.54, 1.807) is 0 Å². The molecule has 0 aliphatic carbocycles. The fourth-order valence-corrected chi connectivity index (χ4v) is 2.14. The van der Waals surface area contributed by atoms with Gasteiger partial charge in [-0.3, -0.25) is 0 Å². The van der Waals surface area contributed by atoms with E-state index in [4.69, 9.17) is 5.73 Å². The SMILES string of the molecule is C=C(CN)c1cccnc1N1CCCCC1. The molecule has 3 heteroatoms. The van der Waals surface area contributed by atoms with Crippen LogP contribution in [-0.4, -0.2) is 24.6 Å². The molecule has 0 amide bonds. The molecule has 0 spiro atoms. The van der Waals surface area contributed by atoms with Crippen LogP contribution in [0.5, 0.6) is 0 Å². The van der Waals surface area contributed by atoms with Crippen LogP contribution in [0.25, 0.3) is 5.57 Å². The molecule has 1 saturated heterocycles. The van der Waals surface area contributed by atoms with Crippen molar-refractivity contribution in [2.24, 2.45) is 5.73 Å². The summed E-state index contributed by atoms with van der Waals surface area (Å²) in [5.41, 5.74) is 7.73. The van der Waals surface area contributed by atoms with Gasteiger partial charge < -0.3 is 10.6 Å². The van der Waals surface area contributed by atoms with Gasteiger partial charge in [0.2, 0.25) is 0 Å². The molecule has 1 aromatic rings. The summed E-state index contributed by atoms with van der Waals surface area (Å²) in [6.07, 6.45) is 5.68. The van der Waals surface area contributed by atoms with Crippen LogP contribution in [0.4, 0.5) is 5.82 Å². The number of pyridine rings is 1. The summed E-state index contributed by atoms with van der Waals surface area (Å²) in [6, 6.07) is 4.01. The van der Waals surface area contributed by atoms with Gasteiger partial charge in [-0.25, -0.2) is 4.98 Å². The number of piperidine rings is 1. The second-order valence-corrected chi connectivity index (χ2v) is 4.23. The highest BCUT2D eigenvalue weighted by molar-refractivity contribution is 5.74. The van der Waals surface area contributed by atoms with E-state index in [0.717, 1.165) is 30.0 Å². The van der Waals surface area contributed by atoms with E-state index in [-0.39, 0.29) is 0 Å². The Morgan fingerprint density at radius 2 is 2.12 bits per heavy atom. The van der Waals surface area contributed by atoms with Gasteiger partial charge in [-0.15, -0.1) is 0 Å². The number of hydrogen-bond acceptors (Lipinski definition) is 3. The Bertz CT molecular complexity index is 367. The van der Waals surface area contributed by atoms with Crippen LogP contribution in [0.3, 0.4) is 0 Å². The van der Waals surface area contributed by atoms with Crippen molar-refractivity contribution in [3.63, 3.8) is 0 Å². The van der Waals surface area contributed by atoms with Gasteiger partial charge in [0.15, 0.2) is 0 Å². The van der Waals surface area contributed by atoms with Crippen LogP contribution in [0.1, 0.15) is 24.8 Å². The lowest BCUT2D eigenvalue weighted by Gasteiger charge is -2.29. The Labute approximate surface area is 97.0 Å². The highest BCUT2D eigenvalue weighted by Gasteiger charge is 2.16. The highest BCUT2D eigenvalue weighted by Crippen LogP contribution is 2.25. The summed E-state index contributed by atoms with van der Waals surface area (Å²) < 4.78 is 0. The van der Waals surface area contributed by atoms with Crippen molar-refractivity contribution in [1.82, 2.24) is 4.98 Å². The van der Waals surface area contributed by atoms with Crippen molar-refractivity contribution in [3.8, 4) is 0 Å². The molecule has 1 aliphatic heterocycles. The summed E-state index contributed by atoms with van der Waals surface area (Å²) in [7, 11) is 0. The minimum absolute atomic E-state index is 0.493. The van der Waals surface area contributed by atoms with E-state index in [2.05, 4.69) is 22.5 Å². The lowest BCUT2D eigenvalue weighted by atomic mass is 10.1. The fourth-order valence-electron chi connectivity index (χ4n) is 2.14. The molecule has 1 aromatic heterocycles. The van der Waals surface area contributed by atoms with E-state index < -0.39 is 0 Å². The second kappa shape index (κ2) is 5.12. The van der Waals surface area contributed by atoms with Crippen LogP contribution in [-0.2, 0) is 0 Å². The van der Waals surface area contributed by atoms with Gasteiger partial charge in [0.25, 0.3) is 0 Å². The van der Waals surface area contributed by atoms with Crippen LogP contribution >= 0.6 is 0 Å². The first-order chi connectivity index (χ1) is 7.83. The molecule has 2 rings (SSSR count). The maximum atomic E-state index is 5.66. The van der Waals surface area contributed by atoms with E-state index in [0.29, 0.717) is 6.54 Å². The summed E-state index contributed by atoms with van der Waals surface area (Å²) in [4.78, 5) is 6.83. The number of aromatic nitrogens is 1. The molecular formula is C13H19N3. The Balaban J connectivity index is 2.28. The van der Waals surface area contributed by atoms with Crippen molar-refractivity contribution in [3.05, 3.63) is 30.5 Å². The molecule has 2 N–H and O–H groups in total. The van der Waals surface area contributed by atoms with Gasteiger partial charge in [-0.1, -0.05) is 6.58 Å². The first-order valence-electron chi connectivity index (χ1n) is 5.91. The molecule has 1 aliphatic rings. The third-order valence-electron chi connectivity index (χ3n) is 3.07. The van der Waals surface area contributed by atoms with Crippen molar-refractivity contribution in [2.75, 3.05) is 24.5 Å². The van der Waals surface area contributed by atoms with Crippen molar-refractivity contribution < 1.29 is 0 Å². The summed E-state index contributed by atoms with van der Waals surface area (Å²) in [6.45, 7) is 6.70. The molecule has 2 heterocycles. The van der Waals surface area contributed by atoms with E-state index in [1.165, 1.54) is 19.3 Å². The van der Waals surface area contributed by atoms with Crippen LogP contribution in [0, 0.1) is 0 Å². The Hall–Kier alpha value is -1.35. The number of nitrogens with zero attached hydrogens (tertiary/aromatic N) is 2. The average molecular weight is 217 g/mol. The van der Waals surface area contributed by atoms with Gasteiger partial charge in [-0.2, -0.15) is 0 Å². The molecule has 0 unspecified atom stereocenters. The van der Waals surface area contributed by atoms with Crippen LogP contribution in [0.15, 0.2) is 24.9 Å². The summed E-state index contributed by atoms with van der Waals surface area (Å²) in [5, 5.41) is 0. The third kappa shape index (κ3) is 2.25. The van der Waals surface area contributed by atoms with Gasteiger partial charge in [0, 0.05) is 31.4 Å². The Morgan fingerprint density at radius 1 is 1.38 bits per heavy atom. The maximum Gasteiger partial charge on any atom is 0.136 e. The van der Waals surface area contributed by atoms with Crippen molar-refractivity contribution in [2.45, 2.75) is 19.3 Å². The average Bonchev–Trinajstić information content (AvgIpc) is 2.39. The largest absolute Gasteiger partial charge is 0.356 e. The quantitative estimate of drug-likeness (QED) is 0.842. The van der Waals surface area contributed by atoms with Gasteiger partial charge in [0.1, 0.15) is 5.82 Å². The molecule has 16 heavy (non-hydrogen) atoms. The molecule has 3 nitrogen and oxygen atoms in total. The molecule has 86 valence electrons. The smallest absolute Gasteiger partial charge is 0.136 e. The van der Waals surface area contributed by atoms with Crippen LogP contribution in [0.2, 0.25) is 0 Å². The molecule has 0 atom stereocenters. The van der Waals surface area contributed by atoms with Gasteiger partial charge >= 0.3 is 0 Å². The van der Waals surface area contributed by atoms with Gasteiger partial charge in [-0.05, 0) is 37.0 Å². The minimum Gasteiger partial charge on any atom is -0.356 e. The van der Waals surface area contributed by atoms with Crippen molar-refractivity contribution in [1.29, 1.82) is 0 Å². The topological polar surface area (TPSA) is 42.1 Å². The Morgan fingerprint density at radius 3 is 2.81 bits per heavy atom. The predicted octanol–water partition coefficient (Wildman–Crippen LogP) is 2.04. The molecule has 0 bridgehead atoms. The number of rotatable bonds is 3. The standard InChI is InChI=1S/C13H19N3/c1-11(10-14)12-6-5-7-15-13(12)16-8-3-2-4-9-16/h5-7H,1-4,8-10,14H2. The highest BCUT2D eigenvalue weighted by atomic mass is 15.2. The summed E-state index contributed by atoms with van der Waals surface area (Å²) in [5.74, 6) is 1.05.